The fourth-order valence-corrected chi connectivity index (χ4v) is 5.38. The molecule has 0 radical (unpaired) electrons. The topological polar surface area (TPSA) is 95.6 Å². The van der Waals surface area contributed by atoms with Gasteiger partial charge < -0.3 is 10.2 Å². The van der Waals surface area contributed by atoms with E-state index in [1.807, 2.05) is 36.3 Å². The SMILES string of the molecule is CSCCC(NS(=O)(=O)c1ccc(C)cc1)C(=O)Nc1cccc(CN2CCCCC2=O)c1. The maximum atomic E-state index is 13.0. The summed E-state index contributed by atoms with van der Waals surface area (Å²) < 4.78 is 28.3. The van der Waals surface area contributed by atoms with Crippen molar-refractivity contribution in [3.8, 4) is 0 Å². The van der Waals surface area contributed by atoms with Crippen molar-refractivity contribution in [2.45, 2.75) is 50.1 Å². The Labute approximate surface area is 200 Å². The zero-order chi connectivity index (χ0) is 23.8. The number of anilines is 1. The van der Waals surface area contributed by atoms with Crippen LogP contribution >= 0.6 is 11.8 Å². The van der Waals surface area contributed by atoms with E-state index in [4.69, 9.17) is 0 Å². The molecule has 0 spiro atoms. The molecule has 7 nitrogen and oxygen atoms in total. The highest BCUT2D eigenvalue weighted by Crippen LogP contribution is 2.18. The fraction of sp³-hybridized carbons (Fsp3) is 0.417. The van der Waals surface area contributed by atoms with Gasteiger partial charge in [-0.05, 0) is 68.0 Å². The van der Waals surface area contributed by atoms with Gasteiger partial charge in [0.2, 0.25) is 21.8 Å². The van der Waals surface area contributed by atoms with Crippen LogP contribution in [0.2, 0.25) is 0 Å². The fourth-order valence-electron chi connectivity index (χ4n) is 3.68. The van der Waals surface area contributed by atoms with Crippen molar-refractivity contribution in [1.82, 2.24) is 9.62 Å². The van der Waals surface area contributed by atoms with Crippen LogP contribution in [0.3, 0.4) is 0 Å². The molecule has 2 N–H and O–H groups in total. The minimum Gasteiger partial charge on any atom is -0.338 e. The highest BCUT2D eigenvalue weighted by molar-refractivity contribution is 7.98. The molecule has 1 aliphatic heterocycles. The zero-order valence-electron chi connectivity index (χ0n) is 19.0. The van der Waals surface area contributed by atoms with Crippen LogP contribution in [0, 0.1) is 6.92 Å². The molecule has 1 saturated heterocycles. The molecule has 1 fully saturated rings. The van der Waals surface area contributed by atoms with Gasteiger partial charge in [-0.15, -0.1) is 0 Å². The lowest BCUT2D eigenvalue weighted by atomic mass is 10.1. The average molecular weight is 490 g/mol. The first-order chi connectivity index (χ1) is 15.8. The quantitative estimate of drug-likeness (QED) is 0.532. The van der Waals surface area contributed by atoms with Gasteiger partial charge in [-0.25, -0.2) is 8.42 Å². The Kier molecular flexibility index (Phi) is 8.94. The molecule has 0 bridgehead atoms. The number of nitrogens with zero attached hydrogens (tertiary/aromatic N) is 1. The first-order valence-corrected chi connectivity index (χ1v) is 13.9. The molecule has 9 heteroatoms. The monoisotopic (exact) mass is 489 g/mol. The molecule has 0 aliphatic carbocycles. The molecular formula is C24H31N3O4S2. The van der Waals surface area contributed by atoms with Crippen molar-refractivity contribution in [1.29, 1.82) is 0 Å². The number of sulfonamides is 1. The first kappa shape index (κ1) is 25.3. The van der Waals surface area contributed by atoms with Gasteiger partial charge in [0.1, 0.15) is 6.04 Å². The lowest BCUT2D eigenvalue weighted by Gasteiger charge is -2.27. The van der Waals surface area contributed by atoms with E-state index >= 15 is 0 Å². The Morgan fingerprint density at radius 1 is 1.15 bits per heavy atom. The summed E-state index contributed by atoms with van der Waals surface area (Å²) in [6, 6.07) is 13.0. The molecule has 2 aromatic carbocycles. The Morgan fingerprint density at radius 2 is 1.91 bits per heavy atom. The number of piperidine rings is 1. The van der Waals surface area contributed by atoms with Gasteiger partial charge in [-0.3, -0.25) is 9.59 Å². The second-order valence-corrected chi connectivity index (χ2v) is 10.9. The third-order valence-corrected chi connectivity index (χ3v) is 7.68. The zero-order valence-corrected chi connectivity index (χ0v) is 20.7. The Hall–Kier alpha value is -2.36. The summed E-state index contributed by atoms with van der Waals surface area (Å²) >= 11 is 1.55. The predicted molar refractivity (Wildman–Crippen MR) is 133 cm³/mol. The van der Waals surface area contributed by atoms with Crippen LogP contribution in [-0.2, 0) is 26.2 Å². The largest absolute Gasteiger partial charge is 0.338 e. The summed E-state index contributed by atoms with van der Waals surface area (Å²) in [5.41, 5.74) is 2.45. The number of aryl methyl sites for hydroxylation is 1. The molecule has 1 aliphatic rings. The number of thioether (sulfide) groups is 1. The van der Waals surface area contributed by atoms with Crippen molar-refractivity contribution < 1.29 is 18.0 Å². The van der Waals surface area contributed by atoms with Gasteiger partial charge in [0, 0.05) is 25.2 Å². The Balaban J connectivity index is 1.70. The van der Waals surface area contributed by atoms with E-state index in [0.717, 1.165) is 30.5 Å². The van der Waals surface area contributed by atoms with Gasteiger partial charge in [0.25, 0.3) is 0 Å². The molecule has 33 heavy (non-hydrogen) atoms. The van der Waals surface area contributed by atoms with Gasteiger partial charge in [0.15, 0.2) is 0 Å². The highest BCUT2D eigenvalue weighted by atomic mass is 32.2. The minimum absolute atomic E-state index is 0.128. The van der Waals surface area contributed by atoms with Crippen LogP contribution in [-0.4, -0.2) is 49.7 Å². The second-order valence-electron chi connectivity index (χ2n) is 8.23. The van der Waals surface area contributed by atoms with Crippen LogP contribution in [0.15, 0.2) is 53.4 Å². The summed E-state index contributed by atoms with van der Waals surface area (Å²) in [6.45, 7) is 3.12. The van der Waals surface area contributed by atoms with Gasteiger partial charge in [-0.2, -0.15) is 16.5 Å². The number of amides is 2. The molecule has 2 aromatic rings. The first-order valence-electron chi connectivity index (χ1n) is 11.0. The maximum absolute atomic E-state index is 13.0. The van der Waals surface area contributed by atoms with Crippen LogP contribution in [0.4, 0.5) is 5.69 Å². The number of carbonyl (C=O) groups is 2. The molecule has 0 aromatic heterocycles. The summed E-state index contributed by atoms with van der Waals surface area (Å²) in [7, 11) is -3.84. The predicted octanol–water partition coefficient (Wildman–Crippen LogP) is 3.55. The molecule has 1 heterocycles. The molecule has 178 valence electrons. The lowest BCUT2D eigenvalue weighted by molar-refractivity contribution is -0.133. The third-order valence-electron chi connectivity index (χ3n) is 5.55. The van der Waals surface area contributed by atoms with Crippen LogP contribution in [0.5, 0.6) is 0 Å². The van der Waals surface area contributed by atoms with E-state index < -0.39 is 22.0 Å². The summed E-state index contributed by atoms with van der Waals surface area (Å²) in [5.74, 6) is 0.371. The molecule has 3 rings (SSSR count). The molecule has 0 saturated carbocycles. The molecule has 1 atom stereocenters. The van der Waals surface area contributed by atoms with Crippen LogP contribution < -0.4 is 10.0 Å². The number of hydrogen-bond donors (Lipinski definition) is 2. The molecular weight excluding hydrogens is 458 g/mol. The standard InChI is InChI=1S/C24H31N3O4S2/c1-18-9-11-21(12-10-18)33(30,31)26-22(13-15-32-2)24(29)25-20-7-5-6-19(16-20)17-27-14-4-3-8-23(27)28/h5-7,9-12,16,22,26H,3-4,8,13-15,17H2,1-2H3,(H,25,29). The van der Waals surface area contributed by atoms with Crippen LogP contribution in [0.25, 0.3) is 0 Å². The van der Waals surface area contributed by atoms with Crippen molar-refractivity contribution >= 4 is 39.3 Å². The number of likely N-dealkylation sites (tertiary alicyclic amines) is 1. The normalized spacial score (nSPS) is 15.3. The second kappa shape index (κ2) is 11.7. The smallest absolute Gasteiger partial charge is 0.242 e. The van der Waals surface area contributed by atoms with E-state index in [-0.39, 0.29) is 10.8 Å². The molecule has 1 unspecified atom stereocenters. The maximum Gasteiger partial charge on any atom is 0.242 e. The van der Waals surface area contributed by atoms with E-state index in [2.05, 4.69) is 10.0 Å². The van der Waals surface area contributed by atoms with Gasteiger partial charge >= 0.3 is 0 Å². The van der Waals surface area contributed by atoms with Crippen molar-refractivity contribution in [3.63, 3.8) is 0 Å². The van der Waals surface area contributed by atoms with Gasteiger partial charge in [-0.1, -0.05) is 29.8 Å². The summed E-state index contributed by atoms with van der Waals surface area (Å²) in [4.78, 5) is 27.1. The number of hydrogen-bond acceptors (Lipinski definition) is 5. The highest BCUT2D eigenvalue weighted by Gasteiger charge is 2.26. The summed E-state index contributed by atoms with van der Waals surface area (Å²) in [6.07, 6.45) is 4.78. The average Bonchev–Trinajstić information content (AvgIpc) is 2.78. The summed E-state index contributed by atoms with van der Waals surface area (Å²) in [5, 5.41) is 2.84. The van der Waals surface area contributed by atoms with Crippen molar-refractivity contribution in [3.05, 3.63) is 59.7 Å². The number of benzene rings is 2. The molecule has 2 amide bonds. The van der Waals surface area contributed by atoms with E-state index in [9.17, 15) is 18.0 Å². The number of carbonyl (C=O) groups excluding carboxylic acids is 2. The van der Waals surface area contributed by atoms with E-state index in [1.54, 1.807) is 30.0 Å². The Morgan fingerprint density at radius 3 is 2.61 bits per heavy atom. The number of rotatable bonds is 10. The third kappa shape index (κ3) is 7.31. The Bertz CT molecular complexity index is 1070. The van der Waals surface area contributed by atoms with E-state index in [0.29, 0.717) is 30.8 Å². The van der Waals surface area contributed by atoms with Gasteiger partial charge in [0.05, 0.1) is 4.90 Å². The van der Waals surface area contributed by atoms with Crippen molar-refractivity contribution in [2.24, 2.45) is 0 Å². The number of nitrogens with one attached hydrogen (secondary N) is 2. The minimum atomic E-state index is -3.84. The van der Waals surface area contributed by atoms with E-state index in [1.165, 1.54) is 12.1 Å². The lowest BCUT2D eigenvalue weighted by Crippen LogP contribution is -2.44. The van der Waals surface area contributed by atoms with Crippen molar-refractivity contribution in [2.75, 3.05) is 23.9 Å². The van der Waals surface area contributed by atoms with Crippen LogP contribution in [0.1, 0.15) is 36.8 Å².